The lowest BCUT2D eigenvalue weighted by Gasteiger charge is -2.12. The Morgan fingerprint density at radius 1 is 1.71 bits per heavy atom. The SMILES string of the molecule is C#CCNC(=O)C(C)NCCc1ccnn1C. The Morgan fingerprint density at radius 2 is 2.47 bits per heavy atom. The molecule has 0 radical (unpaired) electrons. The van der Waals surface area contributed by atoms with Gasteiger partial charge in [-0.3, -0.25) is 9.48 Å². The third-order valence-electron chi connectivity index (χ3n) is 2.51. The molecule has 0 aliphatic heterocycles. The summed E-state index contributed by atoms with van der Waals surface area (Å²) in [4.78, 5) is 11.5. The molecule has 0 saturated carbocycles. The van der Waals surface area contributed by atoms with Crippen LogP contribution in [0, 0.1) is 12.3 Å². The van der Waals surface area contributed by atoms with E-state index in [0.717, 1.165) is 18.7 Å². The van der Waals surface area contributed by atoms with Crippen molar-refractivity contribution >= 4 is 5.91 Å². The monoisotopic (exact) mass is 234 g/mol. The Labute approximate surface area is 102 Å². The van der Waals surface area contributed by atoms with Crippen LogP contribution in [-0.2, 0) is 18.3 Å². The zero-order chi connectivity index (χ0) is 12.7. The van der Waals surface area contributed by atoms with Crippen LogP contribution in [0.15, 0.2) is 12.3 Å². The molecule has 0 fully saturated rings. The van der Waals surface area contributed by atoms with Crippen molar-refractivity contribution in [3.63, 3.8) is 0 Å². The van der Waals surface area contributed by atoms with Gasteiger partial charge in [-0.25, -0.2) is 0 Å². The third-order valence-corrected chi connectivity index (χ3v) is 2.51. The van der Waals surface area contributed by atoms with Gasteiger partial charge < -0.3 is 10.6 Å². The molecule has 0 spiro atoms. The number of aryl methyl sites for hydroxylation is 1. The highest BCUT2D eigenvalue weighted by Gasteiger charge is 2.10. The lowest BCUT2D eigenvalue weighted by molar-refractivity contribution is -0.122. The minimum Gasteiger partial charge on any atom is -0.344 e. The summed E-state index contributed by atoms with van der Waals surface area (Å²) in [6.07, 6.45) is 7.66. The summed E-state index contributed by atoms with van der Waals surface area (Å²) in [6.45, 7) is 2.81. The third kappa shape index (κ3) is 4.29. The number of nitrogens with one attached hydrogen (secondary N) is 2. The van der Waals surface area contributed by atoms with E-state index in [1.807, 2.05) is 24.7 Å². The molecule has 0 aliphatic carbocycles. The fourth-order valence-electron chi connectivity index (χ4n) is 1.45. The Kier molecular flexibility index (Phi) is 5.24. The fourth-order valence-corrected chi connectivity index (χ4v) is 1.45. The first kappa shape index (κ1) is 13.3. The topological polar surface area (TPSA) is 59.0 Å². The smallest absolute Gasteiger partial charge is 0.237 e. The van der Waals surface area contributed by atoms with Crippen molar-refractivity contribution in [2.75, 3.05) is 13.1 Å². The molecule has 1 amide bonds. The maximum Gasteiger partial charge on any atom is 0.237 e. The van der Waals surface area contributed by atoms with Crippen molar-refractivity contribution in [3.05, 3.63) is 18.0 Å². The van der Waals surface area contributed by atoms with E-state index in [9.17, 15) is 4.79 Å². The van der Waals surface area contributed by atoms with Crippen LogP contribution in [0.3, 0.4) is 0 Å². The normalized spacial score (nSPS) is 11.8. The quantitative estimate of drug-likeness (QED) is 0.664. The van der Waals surface area contributed by atoms with Crippen molar-refractivity contribution < 1.29 is 4.79 Å². The number of terminal acetylenes is 1. The first-order valence-electron chi connectivity index (χ1n) is 5.56. The molecule has 0 aliphatic rings. The largest absolute Gasteiger partial charge is 0.344 e. The molecule has 0 aromatic carbocycles. The van der Waals surface area contributed by atoms with Crippen molar-refractivity contribution in [1.29, 1.82) is 0 Å². The standard InChI is InChI=1S/C12H18N4O/c1-4-7-14-12(17)10(2)13-8-5-11-6-9-15-16(11)3/h1,6,9-10,13H,5,7-8H2,2-3H3,(H,14,17). The summed E-state index contributed by atoms with van der Waals surface area (Å²) in [5.74, 6) is 2.29. The molecular weight excluding hydrogens is 216 g/mol. The minimum atomic E-state index is -0.239. The van der Waals surface area contributed by atoms with Gasteiger partial charge in [-0.15, -0.1) is 6.42 Å². The summed E-state index contributed by atoms with van der Waals surface area (Å²) >= 11 is 0. The van der Waals surface area contributed by atoms with Gasteiger partial charge in [0.15, 0.2) is 0 Å². The predicted octanol–water partition coefficient (Wildman–Crippen LogP) is -0.310. The van der Waals surface area contributed by atoms with Crippen molar-refractivity contribution in [2.45, 2.75) is 19.4 Å². The number of amides is 1. The number of hydrogen-bond donors (Lipinski definition) is 2. The average molecular weight is 234 g/mol. The first-order chi connectivity index (χ1) is 8.15. The van der Waals surface area contributed by atoms with Crippen LogP contribution in [0.25, 0.3) is 0 Å². The molecule has 1 rings (SSSR count). The predicted molar refractivity (Wildman–Crippen MR) is 66.2 cm³/mol. The number of hydrogen-bond acceptors (Lipinski definition) is 3. The van der Waals surface area contributed by atoms with Gasteiger partial charge in [-0.2, -0.15) is 5.10 Å². The van der Waals surface area contributed by atoms with E-state index in [0.29, 0.717) is 0 Å². The summed E-state index contributed by atoms with van der Waals surface area (Å²) in [5, 5.41) is 9.84. The number of aromatic nitrogens is 2. The Morgan fingerprint density at radius 3 is 3.06 bits per heavy atom. The summed E-state index contributed by atoms with van der Waals surface area (Å²) in [5.41, 5.74) is 1.13. The number of carbonyl (C=O) groups excluding carboxylic acids is 1. The lowest BCUT2D eigenvalue weighted by atomic mass is 10.2. The summed E-state index contributed by atoms with van der Waals surface area (Å²) < 4.78 is 1.82. The molecule has 1 unspecified atom stereocenters. The van der Waals surface area contributed by atoms with Crippen molar-refractivity contribution in [2.24, 2.45) is 7.05 Å². The summed E-state index contributed by atoms with van der Waals surface area (Å²) in [7, 11) is 1.90. The zero-order valence-electron chi connectivity index (χ0n) is 10.2. The Bertz CT molecular complexity index is 405. The molecule has 1 aromatic heterocycles. The van der Waals surface area contributed by atoms with Crippen LogP contribution in [0.5, 0.6) is 0 Å². The van der Waals surface area contributed by atoms with Gasteiger partial charge in [0, 0.05) is 31.9 Å². The van der Waals surface area contributed by atoms with Crippen LogP contribution in [0.1, 0.15) is 12.6 Å². The second-order valence-corrected chi connectivity index (χ2v) is 3.79. The van der Waals surface area contributed by atoms with Gasteiger partial charge >= 0.3 is 0 Å². The first-order valence-corrected chi connectivity index (χ1v) is 5.56. The highest BCUT2D eigenvalue weighted by Crippen LogP contribution is 1.96. The number of carbonyl (C=O) groups is 1. The van der Waals surface area contributed by atoms with Crippen LogP contribution in [0.2, 0.25) is 0 Å². The van der Waals surface area contributed by atoms with Gasteiger partial charge in [-0.05, 0) is 13.0 Å². The summed E-state index contributed by atoms with van der Waals surface area (Å²) in [6, 6.07) is 1.72. The molecule has 5 heteroatoms. The number of nitrogens with zero attached hydrogens (tertiary/aromatic N) is 2. The van der Waals surface area contributed by atoms with E-state index in [4.69, 9.17) is 6.42 Å². The van der Waals surface area contributed by atoms with Gasteiger partial charge in [0.1, 0.15) is 0 Å². The fraction of sp³-hybridized carbons (Fsp3) is 0.500. The highest BCUT2D eigenvalue weighted by atomic mass is 16.2. The molecule has 0 saturated heterocycles. The van der Waals surface area contributed by atoms with E-state index in [2.05, 4.69) is 21.7 Å². The van der Waals surface area contributed by atoms with E-state index in [1.54, 1.807) is 6.20 Å². The van der Waals surface area contributed by atoms with Crippen molar-refractivity contribution in [3.8, 4) is 12.3 Å². The second-order valence-electron chi connectivity index (χ2n) is 3.79. The molecule has 2 N–H and O–H groups in total. The maximum atomic E-state index is 11.5. The van der Waals surface area contributed by atoms with Crippen molar-refractivity contribution in [1.82, 2.24) is 20.4 Å². The molecule has 1 atom stereocenters. The highest BCUT2D eigenvalue weighted by molar-refractivity contribution is 5.81. The van der Waals surface area contributed by atoms with Crippen LogP contribution in [0.4, 0.5) is 0 Å². The van der Waals surface area contributed by atoms with Gasteiger partial charge in [0.25, 0.3) is 0 Å². The van der Waals surface area contributed by atoms with Crippen LogP contribution in [-0.4, -0.2) is 34.8 Å². The number of rotatable bonds is 6. The Hall–Kier alpha value is -1.80. The minimum absolute atomic E-state index is 0.0760. The van der Waals surface area contributed by atoms with Gasteiger partial charge in [-0.1, -0.05) is 5.92 Å². The van der Waals surface area contributed by atoms with Gasteiger partial charge in [0.05, 0.1) is 12.6 Å². The van der Waals surface area contributed by atoms with E-state index in [-0.39, 0.29) is 18.5 Å². The molecule has 0 bridgehead atoms. The molecule has 1 heterocycles. The zero-order valence-corrected chi connectivity index (χ0v) is 10.2. The molecule has 1 aromatic rings. The van der Waals surface area contributed by atoms with E-state index >= 15 is 0 Å². The Balaban J connectivity index is 2.25. The average Bonchev–Trinajstić information content (AvgIpc) is 2.72. The van der Waals surface area contributed by atoms with E-state index in [1.165, 1.54) is 0 Å². The second kappa shape index (κ2) is 6.71. The van der Waals surface area contributed by atoms with Crippen LogP contribution >= 0.6 is 0 Å². The molecular formula is C12H18N4O. The molecule has 17 heavy (non-hydrogen) atoms. The van der Waals surface area contributed by atoms with E-state index < -0.39 is 0 Å². The molecule has 5 nitrogen and oxygen atoms in total. The molecule has 92 valence electrons. The van der Waals surface area contributed by atoms with Gasteiger partial charge in [0.2, 0.25) is 5.91 Å². The van der Waals surface area contributed by atoms with Crippen LogP contribution < -0.4 is 10.6 Å². The lowest BCUT2D eigenvalue weighted by Crippen LogP contribution is -2.43. The maximum absolute atomic E-state index is 11.5.